The minimum Gasteiger partial charge on any atom is -0.0619 e. The van der Waals surface area contributed by atoms with E-state index in [9.17, 15) is 0 Å². The molecule has 0 saturated heterocycles. The van der Waals surface area contributed by atoms with Crippen LogP contribution < -0.4 is 0 Å². The zero-order valence-corrected chi connectivity index (χ0v) is 28.9. The Hall–Kier alpha value is -4.94. The Labute approximate surface area is 285 Å². The van der Waals surface area contributed by atoms with Gasteiger partial charge in [0.15, 0.2) is 0 Å². The summed E-state index contributed by atoms with van der Waals surface area (Å²) in [5.74, 6) is 0.297. The van der Waals surface area contributed by atoms with Crippen LogP contribution in [0, 0.1) is 0 Å². The molecule has 7 aromatic rings. The molecule has 0 heteroatoms. The van der Waals surface area contributed by atoms with Gasteiger partial charge in [-0.1, -0.05) is 175 Å². The van der Waals surface area contributed by atoms with Crippen LogP contribution in [0.2, 0.25) is 0 Å². The first-order valence-electron chi connectivity index (χ1n) is 17.5. The predicted octanol–water partition coefficient (Wildman–Crippen LogP) is 12.9. The van der Waals surface area contributed by atoms with Crippen molar-refractivity contribution >= 4 is 21.5 Å². The molecule has 0 aromatic heterocycles. The highest BCUT2D eigenvalue weighted by molar-refractivity contribution is 6.10. The van der Waals surface area contributed by atoms with E-state index in [0.29, 0.717) is 0 Å². The van der Waals surface area contributed by atoms with E-state index in [0.717, 1.165) is 0 Å². The van der Waals surface area contributed by atoms with E-state index >= 15 is 0 Å². The Balaban J connectivity index is 1.49. The zero-order chi connectivity index (χ0) is 32.9. The summed E-state index contributed by atoms with van der Waals surface area (Å²) >= 11 is 0. The highest BCUT2D eigenvalue weighted by atomic mass is 14.4. The molecule has 0 bridgehead atoms. The molecule has 0 radical (unpaired) electrons. The molecule has 0 nitrogen and oxygen atoms in total. The Morgan fingerprint density at radius 2 is 0.625 bits per heavy atom. The summed E-state index contributed by atoms with van der Waals surface area (Å²) in [7, 11) is 0. The molecule has 0 heterocycles. The highest BCUT2D eigenvalue weighted by Gasteiger charge is 2.37. The lowest BCUT2D eigenvalue weighted by Crippen LogP contribution is -2.14. The smallest absolute Gasteiger partial charge is 0.0364 e. The standard InChI is InChI=1S/C48H42/c1-47(2,3)29-23-25-39-41(27-29)45(43-35-19-11-7-15-31(35)32-16-8-12-20-36(32)43)40-26-24-30(48(4,5)6)28-42(40)46(39)44-37-21-13-9-17-33(37)34-18-10-14-22-38(34)44/h7-28,43-44H,1-6H3. The Bertz CT molecular complexity index is 2160. The summed E-state index contributed by atoms with van der Waals surface area (Å²) in [5, 5.41) is 5.50. The molecule has 9 rings (SSSR count). The monoisotopic (exact) mass is 618 g/mol. The van der Waals surface area contributed by atoms with Gasteiger partial charge in [0.05, 0.1) is 0 Å². The Kier molecular flexibility index (Phi) is 6.26. The second kappa shape index (κ2) is 10.3. The van der Waals surface area contributed by atoms with Crippen molar-refractivity contribution in [3.63, 3.8) is 0 Å². The fourth-order valence-electron chi connectivity index (χ4n) is 8.78. The van der Waals surface area contributed by atoms with Crippen molar-refractivity contribution in [1.29, 1.82) is 0 Å². The SMILES string of the molecule is CC(C)(C)c1ccc2c(C3c4ccccc4-c4ccccc43)c3cc(C(C)(C)C)ccc3c(C3c4ccccc4-c4ccccc43)c2c1. The fraction of sp³-hybridized carbons (Fsp3) is 0.208. The third kappa shape index (κ3) is 4.21. The molecule has 0 N–H and O–H groups in total. The van der Waals surface area contributed by atoms with Crippen LogP contribution in [0.4, 0.5) is 0 Å². The highest BCUT2D eigenvalue weighted by Crippen LogP contribution is 2.56. The molecule has 48 heavy (non-hydrogen) atoms. The van der Waals surface area contributed by atoms with Crippen LogP contribution in [-0.2, 0) is 10.8 Å². The first-order valence-corrected chi connectivity index (χ1v) is 17.5. The molecular weight excluding hydrogens is 577 g/mol. The van der Waals surface area contributed by atoms with Gasteiger partial charge in [0.25, 0.3) is 0 Å². The lowest BCUT2D eigenvalue weighted by atomic mass is 9.74. The fourth-order valence-corrected chi connectivity index (χ4v) is 8.78. The summed E-state index contributed by atoms with van der Waals surface area (Å²) in [6, 6.07) is 51.2. The first kappa shape index (κ1) is 29.2. The first-order chi connectivity index (χ1) is 23.1. The van der Waals surface area contributed by atoms with Crippen LogP contribution in [-0.4, -0.2) is 0 Å². The molecule has 234 valence electrons. The van der Waals surface area contributed by atoms with Crippen LogP contribution in [0.5, 0.6) is 0 Å². The van der Waals surface area contributed by atoms with E-state index in [-0.39, 0.29) is 22.7 Å². The Morgan fingerprint density at radius 3 is 0.917 bits per heavy atom. The maximum atomic E-state index is 2.54. The largest absolute Gasteiger partial charge is 0.0619 e. The molecule has 0 unspecified atom stereocenters. The summed E-state index contributed by atoms with van der Waals surface area (Å²) in [6.07, 6.45) is 0. The van der Waals surface area contributed by atoms with Gasteiger partial charge in [-0.25, -0.2) is 0 Å². The predicted molar refractivity (Wildman–Crippen MR) is 204 cm³/mol. The van der Waals surface area contributed by atoms with Crippen LogP contribution in [0.15, 0.2) is 133 Å². The lowest BCUT2D eigenvalue weighted by molar-refractivity contribution is 0.590. The number of benzene rings is 7. The molecular formula is C48H42. The number of hydrogen-bond acceptors (Lipinski definition) is 0. The normalized spacial score (nSPS) is 14.3. The molecule has 2 aliphatic carbocycles. The van der Waals surface area contributed by atoms with Crippen molar-refractivity contribution in [2.24, 2.45) is 0 Å². The van der Waals surface area contributed by atoms with Gasteiger partial charge in [-0.05, 0) is 99.1 Å². The lowest BCUT2D eigenvalue weighted by Gasteiger charge is -2.29. The van der Waals surface area contributed by atoms with E-state index in [1.54, 1.807) is 0 Å². The average molecular weight is 619 g/mol. The summed E-state index contributed by atoms with van der Waals surface area (Å²) in [5.41, 5.74) is 16.8. The van der Waals surface area contributed by atoms with Gasteiger partial charge < -0.3 is 0 Å². The molecule has 7 aromatic carbocycles. The van der Waals surface area contributed by atoms with Crippen LogP contribution in [0.1, 0.15) is 97.9 Å². The second-order valence-corrected chi connectivity index (χ2v) is 16.1. The van der Waals surface area contributed by atoms with Crippen molar-refractivity contribution in [2.45, 2.75) is 64.2 Å². The van der Waals surface area contributed by atoms with Gasteiger partial charge in [0, 0.05) is 11.8 Å². The molecule has 0 atom stereocenters. The maximum absolute atomic E-state index is 2.54. The van der Waals surface area contributed by atoms with E-state index in [2.05, 4.69) is 175 Å². The number of fused-ring (bicyclic) bond motifs is 8. The van der Waals surface area contributed by atoms with Crippen molar-refractivity contribution in [2.75, 3.05) is 0 Å². The van der Waals surface area contributed by atoms with Gasteiger partial charge in [-0.15, -0.1) is 0 Å². The summed E-state index contributed by atoms with van der Waals surface area (Å²) < 4.78 is 0. The van der Waals surface area contributed by atoms with E-state index < -0.39 is 0 Å². The van der Waals surface area contributed by atoms with Crippen molar-refractivity contribution in [1.82, 2.24) is 0 Å². The minimum atomic E-state index is 0.0225. The van der Waals surface area contributed by atoms with Gasteiger partial charge >= 0.3 is 0 Å². The van der Waals surface area contributed by atoms with Gasteiger partial charge in [-0.3, -0.25) is 0 Å². The van der Waals surface area contributed by atoms with E-state index in [1.165, 1.54) is 88.3 Å². The number of rotatable bonds is 2. The van der Waals surface area contributed by atoms with E-state index in [1.807, 2.05) is 0 Å². The molecule has 0 saturated carbocycles. The quantitative estimate of drug-likeness (QED) is 0.169. The Morgan fingerprint density at radius 1 is 0.333 bits per heavy atom. The number of hydrogen-bond donors (Lipinski definition) is 0. The van der Waals surface area contributed by atoms with Crippen molar-refractivity contribution < 1.29 is 0 Å². The van der Waals surface area contributed by atoms with Gasteiger partial charge in [-0.2, -0.15) is 0 Å². The van der Waals surface area contributed by atoms with Crippen LogP contribution in [0.25, 0.3) is 43.8 Å². The zero-order valence-electron chi connectivity index (χ0n) is 28.9. The van der Waals surface area contributed by atoms with Gasteiger partial charge in [0.1, 0.15) is 0 Å². The molecule has 0 aliphatic heterocycles. The molecule has 2 aliphatic rings. The second-order valence-electron chi connectivity index (χ2n) is 16.1. The molecule has 0 fully saturated rings. The third-order valence-electron chi connectivity index (χ3n) is 11.2. The minimum absolute atomic E-state index is 0.0225. The topological polar surface area (TPSA) is 0 Å². The van der Waals surface area contributed by atoms with Crippen LogP contribution >= 0.6 is 0 Å². The summed E-state index contributed by atoms with van der Waals surface area (Å²) in [4.78, 5) is 0. The average Bonchev–Trinajstić information content (AvgIpc) is 3.59. The van der Waals surface area contributed by atoms with Gasteiger partial charge in [0.2, 0.25) is 0 Å². The van der Waals surface area contributed by atoms with Crippen molar-refractivity contribution in [3.05, 3.63) is 178 Å². The maximum Gasteiger partial charge on any atom is 0.0364 e. The third-order valence-corrected chi connectivity index (χ3v) is 11.2. The van der Waals surface area contributed by atoms with E-state index in [4.69, 9.17) is 0 Å². The molecule has 0 amide bonds. The summed E-state index contributed by atoms with van der Waals surface area (Å²) in [6.45, 7) is 14.1. The van der Waals surface area contributed by atoms with Crippen molar-refractivity contribution in [3.8, 4) is 22.3 Å². The molecule has 0 spiro atoms. The van der Waals surface area contributed by atoms with Crippen LogP contribution in [0.3, 0.4) is 0 Å².